The number of carboxylic acid groups (broad SMARTS) is 1. The number of carboxylic acids is 1. The smallest absolute Gasteiger partial charge is 0.308 e. The molecule has 0 aliphatic heterocycles. The molecule has 1 unspecified atom stereocenters. The van der Waals surface area contributed by atoms with Crippen molar-refractivity contribution in [3.05, 3.63) is 0 Å². The molecule has 0 heterocycles. The summed E-state index contributed by atoms with van der Waals surface area (Å²) < 4.78 is 0. The number of rotatable bonds is 6. The molecule has 104 valence electrons. The van der Waals surface area contributed by atoms with E-state index in [1.165, 1.54) is 12.8 Å². The molecule has 0 bridgehead atoms. The van der Waals surface area contributed by atoms with Gasteiger partial charge in [0.2, 0.25) is 5.91 Å². The van der Waals surface area contributed by atoms with Gasteiger partial charge in [-0.15, -0.1) is 0 Å². The van der Waals surface area contributed by atoms with Gasteiger partial charge in [0.1, 0.15) is 0 Å². The molecule has 4 nitrogen and oxygen atoms in total. The van der Waals surface area contributed by atoms with Crippen LogP contribution in [0.25, 0.3) is 0 Å². The van der Waals surface area contributed by atoms with Crippen molar-refractivity contribution in [1.29, 1.82) is 0 Å². The summed E-state index contributed by atoms with van der Waals surface area (Å²) in [5, 5.41) is 11.8. The Labute approximate surface area is 109 Å². The highest BCUT2D eigenvalue weighted by Crippen LogP contribution is 2.22. The van der Waals surface area contributed by atoms with E-state index in [0.29, 0.717) is 6.42 Å². The fourth-order valence-electron chi connectivity index (χ4n) is 2.57. The molecular formula is C14H25NO3. The van der Waals surface area contributed by atoms with E-state index in [9.17, 15) is 9.59 Å². The Morgan fingerprint density at radius 3 is 2.33 bits per heavy atom. The number of carbonyl (C=O) groups excluding carboxylic acids is 1. The van der Waals surface area contributed by atoms with Gasteiger partial charge in [-0.2, -0.15) is 0 Å². The van der Waals surface area contributed by atoms with Gasteiger partial charge < -0.3 is 10.4 Å². The summed E-state index contributed by atoms with van der Waals surface area (Å²) in [5.41, 5.74) is 0. The van der Waals surface area contributed by atoms with Crippen molar-refractivity contribution in [3.8, 4) is 0 Å². The number of aliphatic carboxylic acids is 1. The minimum absolute atomic E-state index is 0.0549. The molecule has 18 heavy (non-hydrogen) atoms. The van der Waals surface area contributed by atoms with Crippen molar-refractivity contribution in [2.75, 3.05) is 6.54 Å². The van der Waals surface area contributed by atoms with E-state index in [1.807, 2.05) is 6.92 Å². The zero-order valence-electron chi connectivity index (χ0n) is 11.3. The quantitative estimate of drug-likeness (QED) is 0.717. The van der Waals surface area contributed by atoms with Crippen LogP contribution in [0.15, 0.2) is 0 Å². The third kappa shape index (κ3) is 5.07. The second-order valence-electron chi connectivity index (χ2n) is 5.26. The van der Waals surface area contributed by atoms with E-state index < -0.39 is 11.9 Å². The standard InChI is InChI=1S/C14H25NO3/c1-2-7-12(14(17)18)10-15-13(16)11-8-5-3-4-6-9-11/h11-12H,2-10H2,1H3,(H,15,16)(H,17,18). The fraction of sp³-hybridized carbons (Fsp3) is 0.857. The summed E-state index contributed by atoms with van der Waals surface area (Å²) in [4.78, 5) is 23.0. The monoisotopic (exact) mass is 255 g/mol. The van der Waals surface area contributed by atoms with Crippen LogP contribution in [0.2, 0.25) is 0 Å². The lowest BCUT2D eigenvalue weighted by molar-refractivity contribution is -0.142. The summed E-state index contributed by atoms with van der Waals surface area (Å²) in [5.74, 6) is -1.09. The van der Waals surface area contributed by atoms with E-state index in [-0.39, 0.29) is 18.4 Å². The van der Waals surface area contributed by atoms with Crippen LogP contribution in [0.3, 0.4) is 0 Å². The Morgan fingerprint density at radius 2 is 1.83 bits per heavy atom. The van der Waals surface area contributed by atoms with E-state index in [1.54, 1.807) is 0 Å². The van der Waals surface area contributed by atoms with Crippen LogP contribution in [-0.4, -0.2) is 23.5 Å². The topological polar surface area (TPSA) is 66.4 Å². The van der Waals surface area contributed by atoms with Crippen LogP contribution in [0.1, 0.15) is 58.3 Å². The number of hydrogen-bond donors (Lipinski definition) is 2. The minimum Gasteiger partial charge on any atom is -0.481 e. The number of hydrogen-bond acceptors (Lipinski definition) is 2. The predicted octanol–water partition coefficient (Wildman–Crippen LogP) is 2.57. The van der Waals surface area contributed by atoms with Crippen LogP contribution < -0.4 is 5.32 Å². The Balaban J connectivity index is 2.35. The summed E-state index contributed by atoms with van der Waals surface area (Å²) in [7, 11) is 0. The lowest BCUT2D eigenvalue weighted by Gasteiger charge is -2.17. The molecule has 0 saturated heterocycles. The normalized spacial score (nSPS) is 18.9. The second kappa shape index (κ2) is 8.11. The van der Waals surface area contributed by atoms with Crippen molar-refractivity contribution in [1.82, 2.24) is 5.32 Å². The third-order valence-electron chi connectivity index (χ3n) is 3.74. The lowest BCUT2D eigenvalue weighted by Crippen LogP contribution is -2.36. The Hall–Kier alpha value is -1.06. The highest BCUT2D eigenvalue weighted by atomic mass is 16.4. The van der Waals surface area contributed by atoms with Gasteiger partial charge in [0, 0.05) is 12.5 Å². The van der Waals surface area contributed by atoms with Crippen molar-refractivity contribution < 1.29 is 14.7 Å². The first-order valence-corrected chi connectivity index (χ1v) is 7.15. The molecule has 1 aliphatic carbocycles. The van der Waals surface area contributed by atoms with Gasteiger partial charge in [0.25, 0.3) is 0 Å². The van der Waals surface area contributed by atoms with Crippen LogP contribution in [0, 0.1) is 11.8 Å². The Kier molecular flexibility index (Phi) is 6.76. The van der Waals surface area contributed by atoms with Crippen molar-refractivity contribution in [3.63, 3.8) is 0 Å². The SMILES string of the molecule is CCCC(CNC(=O)C1CCCCCC1)C(=O)O. The van der Waals surface area contributed by atoms with Gasteiger partial charge in [-0.1, -0.05) is 39.0 Å². The molecule has 1 saturated carbocycles. The zero-order valence-corrected chi connectivity index (χ0v) is 11.3. The third-order valence-corrected chi connectivity index (χ3v) is 3.74. The maximum Gasteiger partial charge on any atom is 0.308 e. The Morgan fingerprint density at radius 1 is 1.22 bits per heavy atom. The second-order valence-corrected chi connectivity index (χ2v) is 5.26. The Bertz CT molecular complexity index is 270. The van der Waals surface area contributed by atoms with Gasteiger partial charge in [-0.25, -0.2) is 0 Å². The first kappa shape index (κ1) is 15.0. The van der Waals surface area contributed by atoms with Gasteiger partial charge in [-0.05, 0) is 19.3 Å². The van der Waals surface area contributed by atoms with E-state index in [2.05, 4.69) is 5.32 Å². The number of amides is 1. The minimum atomic E-state index is -0.807. The van der Waals surface area contributed by atoms with Crippen LogP contribution in [-0.2, 0) is 9.59 Å². The predicted molar refractivity (Wildman–Crippen MR) is 70.2 cm³/mol. The summed E-state index contributed by atoms with van der Waals surface area (Å²) in [6, 6.07) is 0. The summed E-state index contributed by atoms with van der Waals surface area (Å²) >= 11 is 0. The molecule has 0 aromatic heterocycles. The molecule has 1 aliphatic rings. The van der Waals surface area contributed by atoms with Crippen molar-refractivity contribution in [2.45, 2.75) is 58.3 Å². The molecular weight excluding hydrogens is 230 g/mol. The molecule has 0 spiro atoms. The molecule has 0 aromatic carbocycles. The highest BCUT2D eigenvalue weighted by molar-refractivity contribution is 5.79. The molecule has 1 rings (SSSR count). The van der Waals surface area contributed by atoms with Crippen LogP contribution in [0.4, 0.5) is 0 Å². The number of carbonyl (C=O) groups is 2. The van der Waals surface area contributed by atoms with Gasteiger partial charge >= 0.3 is 5.97 Å². The fourth-order valence-corrected chi connectivity index (χ4v) is 2.57. The molecule has 1 fully saturated rings. The maximum atomic E-state index is 12.0. The molecule has 0 aromatic rings. The molecule has 1 atom stereocenters. The number of nitrogens with one attached hydrogen (secondary N) is 1. The largest absolute Gasteiger partial charge is 0.481 e. The zero-order chi connectivity index (χ0) is 13.4. The van der Waals surface area contributed by atoms with Crippen LogP contribution in [0.5, 0.6) is 0 Å². The average molecular weight is 255 g/mol. The molecule has 4 heteroatoms. The molecule has 1 amide bonds. The molecule has 2 N–H and O–H groups in total. The van der Waals surface area contributed by atoms with E-state index >= 15 is 0 Å². The van der Waals surface area contributed by atoms with Crippen molar-refractivity contribution in [2.24, 2.45) is 11.8 Å². The van der Waals surface area contributed by atoms with E-state index in [0.717, 1.165) is 32.1 Å². The summed E-state index contributed by atoms with van der Waals surface area (Å²) in [6.45, 7) is 2.24. The van der Waals surface area contributed by atoms with Crippen LogP contribution >= 0.6 is 0 Å². The maximum absolute atomic E-state index is 12.0. The highest BCUT2D eigenvalue weighted by Gasteiger charge is 2.22. The lowest BCUT2D eigenvalue weighted by atomic mass is 9.98. The average Bonchev–Trinajstić information content (AvgIpc) is 2.62. The van der Waals surface area contributed by atoms with Gasteiger partial charge in [0.05, 0.1) is 5.92 Å². The summed E-state index contributed by atoms with van der Waals surface area (Å²) in [6.07, 6.45) is 8.05. The first-order chi connectivity index (χ1) is 8.65. The first-order valence-electron chi connectivity index (χ1n) is 7.15. The van der Waals surface area contributed by atoms with Crippen molar-refractivity contribution >= 4 is 11.9 Å². The molecule has 0 radical (unpaired) electrons. The van der Waals surface area contributed by atoms with E-state index in [4.69, 9.17) is 5.11 Å². The van der Waals surface area contributed by atoms with Gasteiger partial charge in [-0.3, -0.25) is 9.59 Å². The van der Waals surface area contributed by atoms with Gasteiger partial charge in [0.15, 0.2) is 0 Å².